The van der Waals surface area contributed by atoms with Gasteiger partial charge in [-0.1, -0.05) is 26.0 Å². The summed E-state index contributed by atoms with van der Waals surface area (Å²) in [6, 6.07) is 6.08. The first kappa shape index (κ1) is 18.6. The number of sulfonamides is 1. The number of benzene rings is 1. The lowest BCUT2D eigenvalue weighted by atomic mass is 10.1. The predicted molar refractivity (Wildman–Crippen MR) is 84.3 cm³/mol. The Morgan fingerprint density at radius 1 is 1.27 bits per heavy atom. The summed E-state index contributed by atoms with van der Waals surface area (Å²) in [4.78, 5) is 10.7. The summed E-state index contributed by atoms with van der Waals surface area (Å²) in [5.41, 5.74) is 0.870. The van der Waals surface area contributed by atoms with E-state index in [9.17, 15) is 13.2 Å². The topological polar surface area (TPSA) is 92.7 Å². The summed E-state index contributed by atoms with van der Waals surface area (Å²) < 4.78 is 31.8. The quantitative estimate of drug-likeness (QED) is 0.721. The molecule has 0 aromatic heterocycles. The molecule has 0 heterocycles. The van der Waals surface area contributed by atoms with Crippen LogP contribution in [0.2, 0.25) is 0 Å². The zero-order valence-corrected chi connectivity index (χ0v) is 13.9. The van der Waals surface area contributed by atoms with Gasteiger partial charge in [0.15, 0.2) is 0 Å². The highest BCUT2D eigenvalue weighted by Crippen LogP contribution is 2.10. The molecule has 7 heteroatoms. The number of carboxylic acid groups (broad SMARTS) is 1. The largest absolute Gasteiger partial charge is 0.478 e. The second-order valence-electron chi connectivity index (χ2n) is 5.59. The monoisotopic (exact) mass is 329 g/mol. The van der Waals surface area contributed by atoms with Gasteiger partial charge in [0.1, 0.15) is 0 Å². The Bertz CT molecular complexity index is 580. The standard InChI is InChI=1S/C15H23NO5S/c1-11(2)8-14(21-3)10-22(19,20)16-9-12-4-6-13(7-5-12)15(17)18/h4-7,11,14,16H,8-10H2,1-3H3,(H,17,18). The van der Waals surface area contributed by atoms with Crippen LogP contribution in [0.15, 0.2) is 24.3 Å². The molecule has 1 atom stereocenters. The fourth-order valence-electron chi connectivity index (χ4n) is 2.02. The van der Waals surface area contributed by atoms with E-state index in [4.69, 9.17) is 9.84 Å². The maximum absolute atomic E-state index is 12.0. The number of hydrogen-bond acceptors (Lipinski definition) is 4. The van der Waals surface area contributed by atoms with Gasteiger partial charge >= 0.3 is 5.97 Å². The molecule has 124 valence electrons. The van der Waals surface area contributed by atoms with Crippen molar-refractivity contribution in [3.8, 4) is 0 Å². The number of ether oxygens (including phenoxy) is 1. The lowest BCUT2D eigenvalue weighted by Crippen LogP contribution is -2.33. The minimum atomic E-state index is -3.45. The first-order chi connectivity index (χ1) is 10.2. The predicted octanol–water partition coefficient (Wildman–Crippen LogP) is 1.87. The highest BCUT2D eigenvalue weighted by molar-refractivity contribution is 7.89. The van der Waals surface area contributed by atoms with Crippen molar-refractivity contribution < 1.29 is 23.1 Å². The van der Waals surface area contributed by atoms with E-state index in [0.717, 1.165) is 0 Å². The summed E-state index contributed by atoms with van der Waals surface area (Å²) in [6.45, 7) is 4.15. The molecule has 0 radical (unpaired) electrons. The van der Waals surface area contributed by atoms with Crippen LogP contribution in [0, 0.1) is 5.92 Å². The lowest BCUT2D eigenvalue weighted by Gasteiger charge is -2.17. The van der Waals surface area contributed by atoms with Crippen molar-refractivity contribution in [3.63, 3.8) is 0 Å². The van der Waals surface area contributed by atoms with Crippen molar-refractivity contribution >= 4 is 16.0 Å². The van der Waals surface area contributed by atoms with Crippen molar-refractivity contribution in [1.29, 1.82) is 0 Å². The van der Waals surface area contributed by atoms with Crippen molar-refractivity contribution in [3.05, 3.63) is 35.4 Å². The summed E-state index contributed by atoms with van der Waals surface area (Å²) >= 11 is 0. The minimum absolute atomic E-state index is 0.0884. The average molecular weight is 329 g/mol. The van der Waals surface area contributed by atoms with Gasteiger partial charge < -0.3 is 9.84 Å². The Balaban J connectivity index is 2.59. The number of methoxy groups -OCH3 is 1. The smallest absolute Gasteiger partial charge is 0.335 e. The van der Waals surface area contributed by atoms with Gasteiger partial charge in [0.2, 0.25) is 10.0 Å². The molecule has 0 spiro atoms. The third-order valence-corrected chi connectivity index (χ3v) is 4.56. The molecule has 1 aromatic carbocycles. The Morgan fingerprint density at radius 3 is 2.32 bits per heavy atom. The molecule has 0 fully saturated rings. The lowest BCUT2D eigenvalue weighted by molar-refractivity contribution is 0.0696. The van der Waals surface area contributed by atoms with Gasteiger partial charge in [0.25, 0.3) is 0 Å². The normalized spacial score (nSPS) is 13.3. The first-order valence-electron chi connectivity index (χ1n) is 7.06. The number of carboxylic acids is 1. The van der Waals surface area contributed by atoms with Gasteiger partial charge in [-0.15, -0.1) is 0 Å². The summed E-state index contributed by atoms with van der Waals surface area (Å²) in [5.74, 6) is -0.748. The Morgan fingerprint density at radius 2 is 1.86 bits per heavy atom. The van der Waals surface area contributed by atoms with E-state index >= 15 is 0 Å². The highest BCUT2D eigenvalue weighted by Gasteiger charge is 2.19. The van der Waals surface area contributed by atoms with Crippen LogP contribution in [0.5, 0.6) is 0 Å². The molecule has 1 unspecified atom stereocenters. The molecule has 0 amide bonds. The van der Waals surface area contributed by atoms with Gasteiger partial charge in [-0.25, -0.2) is 17.9 Å². The molecule has 0 aliphatic heterocycles. The molecule has 0 saturated heterocycles. The molecule has 22 heavy (non-hydrogen) atoms. The second kappa shape index (κ2) is 8.26. The van der Waals surface area contributed by atoms with Crippen LogP contribution < -0.4 is 4.72 Å². The van der Waals surface area contributed by atoms with E-state index in [0.29, 0.717) is 17.9 Å². The fourth-order valence-corrected chi connectivity index (χ4v) is 3.29. The van der Waals surface area contributed by atoms with E-state index in [-0.39, 0.29) is 24.0 Å². The zero-order valence-electron chi connectivity index (χ0n) is 13.1. The van der Waals surface area contributed by atoms with Crippen molar-refractivity contribution in [1.82, 2.24) is 4.72 Å². The molecular weight excluding hydrogens is 306 g/mol. The van der Waals surface area contributed by atoms with Gasteiger partial charge in [-0.2, -0.15) is 0 Å². The van der Waals surface area contributed by atoms with Crippen LogP contribution in [0.4, 0.5) is 0 Å². The van der Waals surface area contributed by atoms with Gasteiger partial charge in [-0.05, 0) is 30.0 Å². The first-order valence-corrected chi connectivity index (χ1v) is 8.71. The molecule has 0 aliphatic rings. The summed E-state index contributed by atoms with van der Waals surface area (Å²) in [7, 11) is -1.95. The number of nitrogens with one attached hydrogen (secondary N) is 1. The molecule has 0 aliphatic carbocycles. The van der Waals surface area contributed by atoms with Crippen LogP contribution in [-0.2, 0) is 21.3 Å². The molecule has 1 aromatic rings. The molecule has 0 bridgehead atoms. The maximum Gasteiger partial charge on any atom is 0.335 e. The van der Waals surface area contributed by atoms with Crippen LogP contribution in [0.25, 0.3) is 0 Å². The number of hydrogen-bond donors (Lipinski definition) is 2. The van der Waals surface area contributed by atoms with E-state index < -0.39 is 16.0 Å². The number of rotatable bonds is 9. The summed E-state index contributed by atoms with van der Waals surface area (Å²) in [6.07, 6.45) is 0.331. The molecular formula is C15H23NO5S. The molecule has 2 N–H and O–H groups in total. The van der Waals surface area contributed by atoms with Gasteiger partial charge in [-0.3, -0.25) is 0 Å². The Kier molecular flexibility index (Phi) is 6.99. The molecule has 1 rings (SSSR count). The van der Waals surface area contributed by atoms with Gasteiger partial charge in [0, 0.05) is 13.7 Å². The minimum Gasteiger partial charge on any atom is -0.478 e. The maximum atomic E-state index is 12.0. The zero-order chi connectivity index (χ0) is 16.8. The van der Waals surface area contributed by atoms with Crippen LogP contribution in [-0.4, -0.2) is 38.5 Å². The molecule has 6 nitrogen and oxygen atoms in total. The van der Waals surface area contributed by atoms with E-state index in [1.165, 1.54) is 19.2 Å². The van der Waals surface area contributed by atoms with Crippen molar-refractivity contribution in [2.75, 3.05) is 12.9 Å². The van der Waals surface area contributed by atoms with E-state index in [2.05, 4.69) is 4.72 Å². The van der Waals surface area contributed by atoms with Gasteiger partial charge in [0.05, 0.1) is 17.4 Å². The van der Waals surface area contributed by atoms with E-state index in [1.807, 2.05) is 13.8 Å². The summed E-state index contributed by atoms with van der Waals surface area (Å²) in [5, 5.41) is 8.81. The third-order valence-electron chi connectivity index (χ3n) is 3.17. The van der Waals surface area contributed by atoms with Crippen LogP contribution >= 0.6 is 0 Å². The Labute approximate surface area is 131 Å². The number of carbonyl (C=O) groups is 1. The van der Waals surface area contributed by atoms with Crippen LogP contribution in [0.3, 0.4) is 0 Å². The number of aromatic carboxylic acids is 1. The molecule has 0 saturated carbocycles. The third kappa shape index (κ3) is 6.55. The Hall–Kier alpha value is -1.44. The van der Waals surface area contributed by atoms with Crippen LogP contribution in [0.1, 0.15) is 36.2 Å². The second-order valence-corrected chi connectivity index (χ2v) is 7.44. The van der Waals surface area contributed by atoms with Crippen molar-refractivity contribution in [2.24, 2.45) is 5.92 Å². The SMILES string of the molecule is COC(CC(C)C)CS(=O)(=O)NCc1ccc(C(=O)O)cc1. The highest BCUT2D eigenvalue weighted by atomic mass is 32.2. The van der Waals surface area contributed by atoms with Crippen molar-refractivity contribution in [2.45, 2.75) is 32.9 Å². The average Bonchev–Trinajstić information content (AvgIpc) is 2.44. The fraction of sp³-hybridized carbons (Fsp3) is 0.533. The van der Waals surface area contributed by atoms with E-state index in [1.54, 1.807) is 12.1 Å².